The lowest BCUT2D eigenvalue weighted by Gasteiger charge is -2.14. The molecule has 0 aliphatic carbocycles. The number of carbonyl (C=O) groups excluding carboxylic acids is 1. The van der Waals surface area contributed by atoms with Crippen molar-refractivity contribution in [1.82, 2.24) is 0 Å². The highest BCUT2D eigenvalue weighted by Crippen LogP contribution is 2.33. The summed E-state index contributed by atoms with van der Waals surface area (Å²) in [4.78, 5) is 10.5. The van der Waals surface area contributed by atoms with E-state index in [1.807, 2.05) is 0 Å². The summed E-state index contributed by atoms with van der Waals surface area (Å²) >= 11 is 0. The van der Waals surface area contributed by atoms with E-state index < -0.39 is 25.1 Å². The lowest BCUT2D eigenvalue weighted by molar-refractivity contribution is -0.114. The van der Waals surface area contributed by atoms with E-state index in [0.717, 1.165) is 12.1 Å². The van der Waals surface area contributed by atoms with Crippen LogP contribution in [0.5, 0.6) is 5.75 Å². The molecule has 0 heterocycles. The van der Waals surface area contributed by atoms with Gasteiger partial charge in [-0.25, -0.2) is 8.42 Å². The highest BCUT2D eigenvalue weighted by molar-refractivity contribution is 7.87. The maximum atomic E-state index is 12.5. The number of hydrogen-bond donors (Lipinski definition) is 1. The lowest BCUT2D eigenvalue weighted by Crippen LogP contribution is -2.11. The van der Waals surface area contributed by atoms with Gasteiger partial charge in [-0.3, -0.25) is 4.79 Å². The Hall–Kier alpha value is -2.95. The number of anilines is 1. The molecule has 0 saturated heterocycles. The van der Waals surface area contributed by atoms with Crippen LogP contribution >= 0.6 is 0 Å². The van der Waals surface area contributed by atoms with Crippen LogP contribution in [-0.2, 0) is 25.0 Å². The number of amides is 1. The first-order chi connectivity index (χ1) is 13.1. The molecule has 0 fully saturated rings. The van der Waals surface area contributed by atoms with Crippen LogP contribution in [0, 0.1) is 0 Å². The Morgan fingerprint density at radius 2 is 1.61 bits per heavy atom. The second-order valence-corrected chi connectivity index (χ2v) is 8.77. The van der Waals surface area contributed by atoms with Gasteiger partial charge in [0.25, 0.3) is 0 Å². The fourth-order valence-corrected chi connectivity index (χ4v) is 4.03. The zero-order chi connectivity index (χ0) is 20.5. The average molecular weight is 420 g/mol. The smallest absolute Gasteiger partial charge is 0.339 e. The second kappa shape index (κ2) is 7.23. The van der Waals surface area contributed by atoms with Crippen molar-refractivity contribution in [2.45, 2.75) is 16.7 Å². The van der Waals surface area contributed by atoms with Gasteiger partial charge < -0.3 is 14.1 Å². The molecule has 28 heavy (non-hydrogen) atoms. The standard InChI is InChI=1S/C18H15NO7S2/c1-12(20)19-14-8-7-13-9-16(27(21,22)23)11-18(17(13)10-14)26-28(24,25)15-5-3-2-4-6-15/h2-11H,1H3,(H,19,20)(H,21,22,23)/p-1. The highest BCUT2D eigenvalue weighted by Gasteiger charge is 2.19. The molecule has 0 aliphatic heterocycles. The van der Waals surface area contributed by atoms with Crippen molar-refractivity contribution >= 4 is 42.6 Å². The summed E-state index contributed by atoms with van der Waals surface area (Å²) in [6, 6.07) is 13.6. The normalized spacial score (nSPS) is 11.9. The van der Waals surface area contributed by atoms with E-state index >= 15 is 0 Å². The van der Waals surface area contributed by atoms with E-state index in [0.29, 0.717) is 5.69 Å². The van der Waals surface area contributed by atoms with Crippen LogP contribution in [0.2, 0.25) is 0 Å². The molecular weight excluding hydrogens is 406 g/mol. The fourth-order valence-electron chi connectivity index (χ4n) is 2.55. The van der Waals surface area contributed by atoms with Gasteiger partial charge >= 0.3 is 10.1 Å². The van der Waals surface area contributed by atoms with Crippen LogP contribution in [0.1, 0.15) is 6.92 Å². The van der Waals surface area contributed by atoms with Crippen molar-refractivity contribution in [3.8, 4) is 5.75 Å². The zero-order valence-electron chi connectivity index (χ0n) is 14.4. The van der Waals surface area contributed by atoms with Crippen molar-refractivity contribution in [2.24, 2.45) is 0 Å². The average Bonchev–Trinajstić information content (AvgIpc) is 2.61. The van der Waals surface area contributed by atoms with Crippen LogP contribution < -0.4 is 9.50 Å². The van der Waals surface area contributed by atoms with Gasteiger partial charge in [0.15, 0.2) is 5.75 Å². The topological polar surface area (TPSA) is 130 Å². The number of hydrogen-bond acceptors (Lipinski definition) is 7. The van der Waals surface area contributed by atoms with Crippen molar-refractivity contribution in [2.75, 3.05) is 5.32 Å². The predicted octanol–water partition coefficient (Wildman–Crippen LogP) is 2.47. The molecule has 3 rings (SSSR count). The summed E-state index contributed by atoms with van der Waals surface area (Å²) in [5.74, 6) is -0.694. The quantitative estimate of drug-likeness (QED) is 0.496. The molecule has 0 radical (unpaired) electrons. The highest BCUT2D eigenvalue weighted by atomic mass is 32.2. The second-order valence-electron chi connectivity index (χ2n) is 5.84. The number of fused-ring (bicyclic) bond motifs is 1. The van der Waals surface area contributed by atoms with Crippen LogP contribution in [-0.4, -0.2) is 27.3 Å². The van der Waals surface area contributed by atoms with E-state index in [2.05, 4.69) is 5.32 Å². The maximum absolute atomic E-state index is 12.5. The zero-order valence-corrected chi connectivity index (χ0v) is 16.1. The molecule has 0 aliphatic rings. The summed E-state index contributed by atoms with van der Waals surface area (Å²) in [6.07, 6.45) is 0. The molecule has 0 unspecified atom stereocenters. The van der Waals surface area contributed by atoms with Crippen LogP contribution in [0.15, 0.2) is 70.5 Å². The van der Waals surface area contributed by atoms with E-state index in [1.165, 1.54) is 49.4 Å². The third-order valence-electron chi connectivity index (χ3n) is 3.73. The summed E-state index contributed by atoms with van der Waals surface area (Å²) in [6.45, 7) is 1.30. The van der Waals surface area contributed by atoms with Crippen LogP contribution in [0.4, 0.5) is 5.69 Å². The summed E-state index contributed by atoms with van der Waals surface area (Å²) in [5, 5.41) is 3.00. The first-order valence-corrected chi connectivity index (χ1v) is 10.7. The van der Waals surface area contributed by atoms with Gasteiger partial charge in [-0.15, -0.1) is 0 Å². The molecule has 3 aromatic rings. The number of rotatable bonds is 5. The molecule has 8 nitrogen and oxygen atoms in total. The molecule has 3 aromatic carbocycles. The van der Waals surface area contributed by atoms with Crippen molar-refractivity contribution in [3.05, 3.63) is 60.7 Å². The monoisotopic (exact) mass is 420 g/mol. The van der Waals surface area contributed by atoms with Gasteiger partial charge in [0, 0.05) is 24.1 Å². The molecule has 0 aromatic heterocycles. The van der Waals surface area contributed by atoms with Crippen molar-refractivity contribution < 1.29 is 30.4 Å². The third-order valence-corrected chi connectivity index (χ3v) is 5.79. The first-order valence-electron chi connectivity index (χ1n) is 7.87. The summed E-state index contributed by atoms with van der Waals surface area (Å²) in [7, 11) is -9.15. The van der Waals surface area contributed by atoms with Gasteiger partial charge in [0.2, 0.25) is 5.91 Å². The Labute approximate surface area is 161 Å². The number of nitrogens with one attached hydrogen (secondary N) is 1. The minimum absolute atomic E-state index is 0.142. The largest absolute Gasteiger partial charge is 0.744 e. The molecular formula is C18H14NO7S2-. The minimum Gasteiger partial charge on any atom is -0.744 e. The summed E-state index contributed by atoms with van der Waals surface area (Å²) in [5.41, 5.74) is 0.347. The Morgan fingerprint density at radius 3 is 2.21 bits per heavy atom. The van der Waals surface area contributed by atoms with E-state index in [9.17, 15) is 26.2 Å². The molecule has 0 bridgehead atoms. The Kier molecular flexibility index (Phi) is 5.11. The van der Waals surface area contributed by atoms with Gasteiger partial charge in [0.05, 0.1) is 4.90 Å². The number of benzene rings is 3. The van der Waals surface area contributed by atoms with Gasteiger partial charge in [0.1, 0.15) is 15.0 Å². The number of carbonyl (C=O) groups is 1. The lowest BCUT2D eigenvalue weighted by atomic mass is 10.1. The maximum Gasteiger partial charge on any atom is 0.339 e. The molecule has 0 atom stereocenters. The van der Waals surface area contributed by atoms with E-state index in [-0.39, 0.29) is 27.3 Å². The van der Waals surface area contributed by atoms with E-state index in [1.54, 1.807) is 6.07 Å². The minimum atomic E-state index is -4.86. The Bertz CT molecular complexity index is 1270. The molecule has 1 N–H and O–H groups in total. The van der Waals surface area contributed by atoms with E-state index in [4.69, 9.17) is 4.18 Å². The third kappa shape index (κ3) is 4.30. The molecule has 146 valence electrons. The van der Waals surface area contributed by atoms with Crippen LogP contribution in [0.3, 0.4) is 0 Å². The van der Waals surface area contributed by atoms with Gasteiger partial charge in [-0.05, 0) is 35.7 Å². The van der Waals surface area contributed by atoms with Gasteiger partial charge in [-0.1, -0.05) is 24.3 Å². The van der Waals surface area contributed by atoms with Crippen LogP contribution in [0.25, 0.3) is 10.8 Å². The predicted molar refractivity (Wildman–Crippen MR) is 100 cm³/mol. The van der Waals surface area contributed by atoms with Gasteiger partial charge in [-0.2, -0.15) is 8.42 Å². The Morgan fingerprint density at radius 1 is 0.929 bits per heavy atom. The summed E-state index contributed by atoms with van der Waals surface area (Å²) < 4.78 is 64.6. The molecule has 10 heteroatoms. The van der Waals surface area contributed by atoms with Crippen molar-refractivity contribution in [3.63, 3.8) is 0 Å². The molecule has 0 spiro atoms. The Balaban J connectivity index is 2.21. The molecule has 0 saturated carbocycles. The first kappa shape index (κ1) is 19.8. The SMILES string of the molecule is CC(=O)Nc1ccc2cc(S(=O)(=O)[O-])cc(OS(=O)(=O)c3ccccc3)c2c1. The molecule has 1 amide bonds. The fraction of sp³-hybridized carbons (Fsp3) is 0.0556. The van der Waals surface area contributed by atoms with Crippen molar-refractivity contribution in [1.29, 1.82) is 0 Å².